The van der Waals surface area contributed by atoms with Gasteiger partial charge in [0.2, 0.25) is 0 Å². The van der Waals surface area contributed by atoms with Crippen LogP contribution in [0.3, 0.4) is 0 Å². The van der Waals surface area contributed by atoms with E-state index in [-0.39, 0.29) is 23.9 Å². The second-order valence-electron chi connectivity index (χ2n) is 4.77. The van der Waals surface area contributed by atoms with Crippen LogP contribution in [0.4, 0.5) is 0 Å². The van der Waals surface area contributed by atoms with Crippen molar-refractivity contribution in [3.63, 3.8) is 0 Å². The molecule has 2 saturated carbocycles. The van der Waals surface area contributed by atoms with Gasteiger partial charge in [-0.05, 0) is 25.2 Å². The summed E-state index contributed by atoms with van der Waals surface area (Å²) in [6.07, 6.45) is 1.37. The molecule has 0 aromatic carbocycles. The van der Waals surface area contributed by atoms with Crippen LogP contribution in [-0.2, 0) is 9.53 Å². The van der Waals surface area contributed by atoms with Gasteiger partial charge in [0.05, 0.1) is 5.92 Å². The van der Waals surface area contributed by atoms with Crippen LogP contribution >= 0.6 is 0 Å². The lowest BCUT2D eigenvalue weighted by Gasteiger charge is -2.25. The highest BCUT2D eigenvalue weighted by Gasteiger charge is 2.64. The summed E-state index contributed by atoms with van der Waals surface area (Å²) in [5.41, 5.74) is 0. The second kappa shape index (κ2) is 2.53. The number of ether oxygens (including phenoxy) is 1. The Bertz CT molecular complexity index is 349. The first-order chi connectivity index (χ1) is 6.74. The zero-order valence-corrected chi connectivity index (χ0v) is 8.49. The first-order valence-corrected chi connectivity index (χ1v) is 5.37. The van der Waals surface area contributed by atoms with Gasteiger partial charge in [0, 0.05) is 11.8 Å². The molecule has 2 nitrogen and oxygen atoms in total. The van der Waals surface area contributed by atoms with Crippen molar-refractivity contribution in [2.45, 2.75) is 26.4 Å². The third kappa shape index (κ3) is 0.767. The Hall–Kier alpha value is -0.970. The lowest BCUT2D eigenvalue weighted by molar-refractivity contribution is -0.144. The van der Waals surface area contributed by atoms with Crippen LogP contribution in [0.2, 0.25) is 0 Å². The molecular weight excluding hydrogens is 176 g/mol. The molecule has 0 radical (unpaired) electrons. The lowest BCUT2D eigenvalue weighted by Crippen LogP contribution is -2.31. The molecule has 0 amide bonds. The Morgan fingerprint density at radius 1 is 1.43 bits per heavy atom. The molecule has 2 bridgehead atoms. The van der Waals surface area contributed by atoms with Gasteiger partial charge in [-0.15, -0.1) is 5.92 Å². The number of hydrogen-bond donors (Lipinski definition) is 0. The van der Waals surface area contributed by atoms with E-state index in [0.29, 0.717) is 17.8 Å². The summed E-state index contributed by atoms with van der Waals surface area (Å²) < 4.78 is 5.42. The molecule has 0 aromatic rings. The van der Waals surface area contributed by atoms with Crippen LogP contribution in [0.1, 0.15) is 20.3 Å². The molecule has 2 heteroatoms. The zero-order chi connectivity index (χ0) is 9.87. The Morgan fingerprint density at radius 3 is 2.93 bits per heavy atom. The van der Waals surface area contributed by atoms with Gasteiger partial charge in [-0.3, -0.25) is 4.79 Å². The minimum Gasteiger partial charge on any atom is -0.461 e. The quantitative estimate of drug-likeness (QED) is 0.427. The zero-order valence-electron chi connectivity index (χ0n) is 8.49. The molecule has 6 unspecified atom stereocenters. The van der Waals surface area contributed by atoms with Crippen LogP contribution in [0.5, 0.6) is 0 Å². The third-order valence-electron chi connectivity index (χ3n) is 4.30. The fourth-order valence-electron chi connectivity index (χ4n) is 3.75. The second-order valence-corrected chi connectivity index (χ2v) is 4.77. The van der Waals surface area contributed by atoms with Crippen molar-refractivity contribution >= 4 is 5.97 Å². The molecular formula is C12H14O2. The highest BCUT2D eigenvalue weighted by molar-refractivity contribution is 5.77. The third-order valence-corrected chi connectivity index (χ3v) is 4.30. The Kier molecular flexibility index (Phi) is 1.51. The molecule has 74 valence electrons. The monoisotopic (exact) mass is 190 g/mol. The van der Waals surface area contributed by atoms with Gasteiger partial charge in [0.1, 0.15) is 6.10 Å². The summed E-state index contributed by atoms with van der Waals surface area (Å²) >= 11 is 0. The van der Waals surface area contributed by atoms with E-state index in [2.05, 4.69) is 18.8 Å². The molecule has 6 atom stereocenters. The van der Waals surface area contributed by atoms with Crippen molar-refractivity contribution in [1.82, 2.24) is 0 Å². The van der Waals surface area contributed by atoms with Crippen molar-refractivity contribution in [2.24, 2.45) is 29.6 Å². The predicted molar refractivity (Wildman–Crippen MR) is 51.1 cm³/mol. The average molecular weight is 190 g/mol. The van der Waals surface area contributed by atoms with Crippen LogP contribution in [-0.4, -0.2) is 12.1 Å². The molecule has 1 saturated heterocycles. The standard InChI is InChI=1S/C12H14O2/c1-3-4-7-8-5-9-10(7)12(13)14-11(9)6(8)2/h6-11H,5H2,1-2H3. The molecule has 3 rings (SSSR count). The summed E-state index contributed by atoms with van der Waals surface area (Å²) in [5.74, 6) is 8.18. The molecule has 1 heterocycles. The van der Waals surface area contributed by atoms with Gasteiger partial charge in [-0.1, -0.05) is 12.8 Å². The topological polar surface area (TPSA) is 26.3 Å². The highest BCUT2D eigenvalue weighted by Crippen LogP contribution is 2.59. The number of carbonyl (C=O) groups is 1. The number of hydrogen-bond acceptors (Lipinski definition) is 2. The summed E-state index contributed by atoms with van der Waals surface area (Å²) in [5, 5.41) is 0. The summed E-state index contributed by atoms with van der Waals surface area (Å²) in [4.78, 5) is 11.6. The molecule has 3 fully saturated rings. The van der Waals surface area contributed by atoms with Crippen LogP contribution in [0.25, 0.3) is 0 Å². The van der Waals surface area contributed by atoms with Gasteiger partial charge < -0.3 is 4.74 Å². The fourth-order valence-corrected chi connectivity index (χ4v) is 3.75. The van der Waals surface area contributed by atoms with E-state index in [1.54, 1.807) is 0 Å². The maximum absolute atomic E-state index is 11.6. The van der Waals surface area contributed by atoms with Crippen molar-refractivity contribution in [2.75, 3.05) is 0 Å². The highest BCUT2D eigenvalue weighted by atomic mass is 16.6. The van der Waals surface area contributed by atoms with E-state index in [0.717, 1.165) is 6.42 Å². The average Bonchev–Trinajstić information content (AvgIpc) is 2.71. The van der Waals surface area contributed by atoms with Crippen molar-refractivity contribution in [3.05, 3.63) is 0 Å². The number of esters is 1. The van der Waals surface area contributed by atoms with E-state index in [4.69, 9.17) is 4.74 Å². The normalized spacial score (nSPS) is 52.9. The first kappa shape index (κ1) is 8.35. The Balaban J connectivity index is 2.03. The van der Waals surface area contributed by atoms with Gasteiger partial charge in [-0.2, -0.15) is 0 Å². The number of fused-ring (bicyclic) bond motifs is 1. The van der Waals surface area contributed by atoms with Gasteiger partial charge >= 0.3 is 5.97 Å². The maximum atomic E-state index is 11.6. The molecule has 0 aromatic heterocycles. The number of carbonyl (C=O) groups excluding carboxylic acids is 1. The van der Waals surface area contributed by atoms with Crippen LogP contribution in [0, 0.1) is 41.4 Å². The SMILES string of the molecule is CC#CC1C2CC3C(OC(=O)C13)C2C. The Labute approximate surface area is 84.0 Å². The largest absolute Gasteiger partial charge is 0.461 e. The van der Waals surface area contributed by atoms with Crippen LogP contribution < -0.4 is 0 Å². The van der Waals surface area contributed by atoms with Crippen molar-refractivity contribution in [1.29, 1.82) is 0 Å². The molecule has 0 spiro atoms. The predicted octanol–water partition coefficient (Wildman–Crippen LogP) is 1.45. The van der Waals surface area contributed by atoms with Crippen LogP contribution in [0.15, 0.2) is 0 Å². The summed E-state index contributed by atoms with van der Waals surface area (Å²) in [6.45, 7) is 4.06. The van der Waals surface area contributed by atoms with Gasteiger partial charge in [0.25, 0.3) is 0 Å². The molecule has 1 aliphatic heterocycles. The van der Waals surface area contributed by atoms with E-state index in [1.807, 2.05) is 6.92 Å². The molecule has 0 N–H and O–H groups in total. The van der Waals surface area contributed by atoms with Crippen molar-refractivity contribution in [3.8, 4) is 11.8 Å². The minimum atomic E-state index is 0.0135. The maximum Gasteiger partial charge on any atom is 0.310 e. The van der Waals surface area contributed by atoms with E-state index in [1.165, 1.54) is 0 Å². The lowest BCUT2D eigenvalue weighted by atomic mass is 9.75. The molecule has 2 aliphatic carbocycles. The van der Waals surface area contributed by atoms with E-state index < -0.39 is 0 Å². The molecule has 14 heavy (non-hydrogen) atoms. The summed E-state index contributed by atoms with van der Waals surface area (Å²) in [6, 6.07) is 0. The fraction of sp³-hybridized carbons (Fsp3) is 0.750. The van der Waals surface area contributed by atoms with E-state index >= 15 is 0 Å². The van der Waals surface area contributed by atoms with E-state index in [9.17, 15) is 4.79 Å². The smallest absolute Gasteiger partial charge is 0.310 e. The number of rotatable bonds is 0. The summed E-state index contributed by atoms with van der Waals surface area (Å²) in [7, 11) is 0. The van der Waals surface area contributed by atoms with Gasteiger partial charge in [0.15, 0.2) is 0 Å². The van der Waals surface area contributed by atoms with Gasteiger partial charge in [-0.25, -0.2) is 0 Å². The first-order valence-electron chi connectivity index (χ1n) is 5.37. The van der Waals surface area contributed by atoms with Crippen molar-refractivity contribution < 1.29 is 9.53 Å². The molecule has 3 aliphatic rings. The minimum absolute atomic E-state index is 0.0135. The Morgan fingerprint density at radius 2 is 2.21 bits per heavy atom.